The number of piperidine rings is 3. The first kappa shape index (κ1) is 14.0. The average molecular weight is 257 g/mol. The number of halogens is 1. The summed E-state index contributed by atoms with van der Waals surface area (Å²) in [6.07, 6.45) is 2.14. The third-order valence-corrected chi connectivity index (χ3v) is 3.39. The van der Waals surface area contributed by atoms with E-state index >= 15 is 0 Å². The molecule has 0 amide bonds. The first-order valence-corrected chi connectivity index (χ1v) is 5.79. The lowest BCUT2D eigenvalue weighted by Crippen LogP contribution is -2.44. The van der Waals surface area contributed by atoms with Gasteiger partial charge >= 0.3 is 5.97 Å². The minimum absolute atomic E-state index is 0. The Morgan fingerprint density at radius 1 is 1.53 bits per heavy atom. The molecular weight excluding hydrogens is 240 g/mol. The lowest BCUT2D eigenvalue weighted by Gasteiger charge is -2.41. The Morgan fingerprint density at radius 3 is 2.59 bits per heavy atom. The fourth-order valence-electron chi connectivity index (χ4n) is 2.54. The van der Waals surface area contributed by atoms with Gasteiger partial charge in [0.05, 0.1) is 6.61 Å². The molecule has 0 saturated carbocycles. The van der Waals surface area contributed by atoms with Crippen molar-refractivity contribution in [2.24, 2.45) is 5.92 Å². The Balaban J connectivity index is 0.00000144. The maximum absolute atomic E-state index is 11.6. The first-order valence-electron chi connectivity index (χ1n) is 5.79. The van der Waals surface area contributed by atoms with E-state index in [2.05, 4.69) is 4.90 Å². The van der Waals surface area contributed by atoms with Crippen molar-refractivity contribution in [3.8, 4) is 6.07 Å². The topological polar surface area (TPSA) is 53.3 Å². The molecular formula is C12H17ClN2O2. The number of carbonyl (C=O) groups is 1. The highest BCUT2D eigenvalue weighted by Crippen LogP contribution is 2.33. The number of nitrogens with zero attached hydrogens (tertiary/aromatic N) is 2. The predicted octanol–water partition coefficient (Wildman–Crippen LogP) is 1.52. The van der Waals surface area contributed by atoms with Crippen LogP contribution in [0.2, 0.25) is 0 Å². The van der Waals surface area contributed by atoms with Gasteiger partial charge in [-0.2, -0.15) is 5.26 Å². The molecule has 3 heterocycles. The Kier molecular flexibility index (Phi) is 4.98. The van der Waals surface area contributed by atoms with Gasteiger partial charge in [0.1, 0.15) is 11.6 Å². The molecule has 0 spiro atoms. The average Bonchev–Trinajstić information content (AvgIpc) is 2.32. The number of fused-ring (bicyclic) bond motifs is 3. The van der Waals surface area contributed by atoms with Gasteiger partial charge in [0.2, 0.25) is 0 Å². The van der Waals surface area contributed by atoms with Gasteiger partial charge in [0.25, 0.3) is 0 Å². The van der Waals surface area contributed by atoms with Crippen molar-refractivity contribution in [1.82, 2.24) is 4.90 Å². The van der Waals surface area contributed by atoms with E-state index in [9.17, 15) is 4.79 Å². The molecule has 0 aromatic carbocycles. The van der Waals surface area contributed by atoms with E-state index in [-0.39, 0.29) is 18.0 Å². The van der Waals surface area contributed by atoms with Crippen molar-refractivity contribution in [2.75, 3.05) is 26.2 Å². The van der Waals surface area contributed by atoms with Crippen LogP contribution >= 0.6 is 12.4 Å². The summed E-state index contributed by atoms with van der Waals surface area (Å²) < 4.78 is 4.92. The molecule has 0 unspecified atom stereocenters. The molecule has 0 aromatic heterocycles. The molecule has 0 atom stereocenters. The van der Waals surface area contributed by atoms with E-state index < -0.39 is 5.97 Å². The van der Waals surface area contributed by atoms with Crippen molar-refractivity contribution in [3.05, 3.63) is 11.1 Å². The fraction of sp³-hybridized carbons (Fsp3) is 0.667. The molecule has 3 aliphatic rings. The van der Waals surface area contributed by atoms with Crippen molar-refractivity contribution < 1.29 is 9.53 Å². The summed E-state index contributed by atoms with van der Waals surface area (Å²) in [5.41, 5.74) is 1.25. The first-order chi connectivity index (χ1) is 7.76. The molecule has 3 rings (SSSR count). The third-order valence-electron chi connectivity index (χ3n) is 3.39. The summed E-state index contributed by atoms with van der Waals surface area (Å²) in [5.74, 6) is -0.0298. The zero-order valence-electron chi connectivity index (χ0n) is 9.94. The zero-order valence-corrected chi connectivity index (χ0v) is 10.8. The molecule has 4 nitrogen and oxygen atoms in total. The highest BCUT2D eigenvalue weighted by molar-refractivity contribution is 5.93. The summed E-state index contributed by atoms with van der Waals surface area (Å²) in [4.78, 5) is 13.9. The van der Waals surface area contributed by atoms with Crippen LogP contribution in [0.25, 0.3) is 0 Å². The number of carbonyl (C=O) groups excluding carboxylic acids is 1. The second-order valence-corrected chi connectivity index (χ2v) is 4.28. The monoisotopic (exact) mass is 256 g/mol. The van der Waals surface area contributed by atoms with Crippen LogP contribution in [0.3, 0.4) is 0 Å². The number of hydrogen-bond acceptors (Lipinski definition) is 4. The number of ether oxygens (including phenoxy) is 1. The Morgan fingerprint density at radius 2 is 2.18 bits per heavy atom. The van der Waals surface area contributed by atoms with E-state index in [1.54, 1.807) is 6.92 Å². The second-order valence-electron chi connectivity index (χ2n) is 4.28. The molecule has 0 radical (unpaired) electrons. The maximum atomic E-state index is 11.6. The van der Waals surface area contributed by atoms with Gasteiger partial charge in [0, 0.05) is 6.54 Å². The van der Waals surface area contributed by atoms with Crippen LogP contribution in [-0.4, -0.2) is 37.1 Å². The van der Waals surface area contributed by atoms with Crippen molar-refractivity contribution in [1.29, 1.82) is 5.26 Å². The number of hydrogen-bond donors (Lipinski definition) is 0. The van der Waals surface area contributed by atoms with Crippen LogP contribution in [0.4, 0.5) is 0 Å². The quantitative estimate of drug-likeness (QED) is 0.427. The number of rotatable bonds is 2. The molecule has 0 aromatic rings. The summed E-state index contributed by atoms with van der Waals surface area (Å²) >= 11 is 0. The molecule has 2 bridgehead atoms. The standard InChI is InChI=1S/C12H16N2O2.ClH/c1-2-16-12(15)10(7-13)11-8-14-5-3-9(11)4-6-14;/h9H,2-6,8H2,1H3;1H/b11-10-;. The van der Waals surface area contributed by atoms with Gasteiger partial charge in [-0.15, -0.1) is 12.4 Å². The highest BCUT2D eigenvalue weighted by atomic mass is 35.5. The van der Waals surface area contributed by atoms with Gasteiger partial charge in [-0.3, -0.25) is 4.90 Å². The van der Waals surface area contributed by atoms with E-state index in [0.717, 1.165) is 38.0 Å². The predicted molar refractivity (Wildman–Crippen MR) is 65.7 cm³/mol. The largest absolute Gasteiger partial charge is 0.462 e. The molecule has 0 aliphatic carbocycles. The maximum Gasteiger partial charge on any atom is 0.348 e. The van der Waals surface area contributed by atoms with Crippen LogP contribution in [0.15, 0.2) is 11.1 Å². The van der Waals surface area contributed by atoms with Gasteiger partial charge in [-0.1, -0.05) is 0 Å². The highest BCUT2D eigenvalue weighted by Gasteiger charge is 2.33. The van der Waals surface area contributed by atoms with E-state index in [1.165, 1.54) is 0 Å². The summed E-state index contributed by atoms with van der Waals surface area (Å²) in [6, 6.07) is 2.02. The molecule has 5 heteroatoms. The van der Waals surface area contributed by atoms with E-state index in [1.807, 2.05) is 6.07 Å². The summed E-state index contributed by atoms with van der Waals surface area (Å²) in [7, 11) is 0. The minimum Gasteiger partial charge on any atom is -0.462 e. The number of esters is 1. The van der Waals surface area contributed by atoms with Crippen LogP contribution in [-0.2, 0) is 9.53 Å². The summed E-state index contributed by atoms with van der Waals surface area (Å²) in [5, 5.41) is 9.08. The van der Waals surface area contributed by atoms with Crippen LogP contribution < -0.4 is 0 Å². The van der Waals surface area contributed by atoms with Crippen molar-refractivity contribution in [3.63, 3.8) is 0 Å². The summed E-state index contributed by atoms with van der Waals surface area (Å²) in [6.45, 7) is 5.04. The van der Waals surface area contributed by atoms with Gasteiger partial charge in [0.15, 0.2) is 0 Å². The lowest BCUT2D eigenvalue weighted by molar-refractivity contribution is -0.138. The minimum atomic E-state index is -0.450. The Hall–Kier alpha value is -1.05. The van der Waals surface area contributed by atoms with Gasteiger partial charge < -0.3 is 4.74 Å². The second kappa shape index (κ2) is 6.04. The van der Waals surface area contributed by atoms with Crippen LogP contribution in [0, 0.1) is 17.2 Å². The van der Waals surface area contributed by atoms with E-state index in [4.69, 9.17) is 10.00 Å². The number of nitriles is 1. The Labute approximate surface area is 108 Å². The lowest BCUT2D eigenvalue weighted by atomic mass is 9.81. The fourth-order valence-corrected chi connectivity index (χ4v) is 2.54. The molecule has 3 saturated heterocycles. The van der Waals surface area contributed by atoms with Gasteiger partial charge in [-0.25, -0.2) is 4.79 Å². The van der Waals surface area contributed by atoms with Crippen molar-refractivity contribution in [2.45, 2.75) is 19.8 Å². The zero-order chi connectivity index (χ0) is 11.5. The van der Waals surface area contributed by atoms with Gasteiger partial charge in [-0.05, 0) is 44.3 Å². The Bertz CT molecular complexity index is 365. The molecule has 94 valence electrons. The third kappa shape index (κ3) is 2.80. The molecule has 0 N–H and O–H groups in total. The van der Waals surface area contributed by atoms with Crippen LogP contribution in [0.5, 0.6) is 0 Å². The smallest absolute Gasteiger partial charge is 0.348 e. The normalized spacial score (nSPS) is 28.9. The van der Waals surface area contributed by atoms with E-state index in [0.29, 0.717) is 12.5 Å². The SMILES string of the molecule is CCOC(=O)/C(C#N)=C1/CN2CCC1CC2.Cl. The van der Waals surface area contributed by atoms with Crippen molar-refractivity contribution >= 4 is 18.4 Å². The van der Waals surface area contributed by atoms with Crippen LogP contribution in [0.1, 0.15) is 19.8 Å². The molecule has 17 heavy (non-hydrogen) atoms. The molecule has 3 aliphatic heterocycles. The molecule has 3 fully saturated rings.